The van der Waals surface area contributed by atoms with Crippen molar-refractivity contribution < 1.29 is 0 Å². The first kappa shape index (κ1) is 13.2. The highest BCUT2D eigenvalue weighted by atomic mass is 35.5. The van der Waals surface area contributed by atoms with Crippen molar-refractivity contribution in [3.8, 4) is 0 Å². The Hall–Kier alpha value is -0.240. The van der Waals surface area contributed by atoms with E-state index in [1.165, 1.54) is 18.4 Å². The molecule has 1 saturated carbocycles. The van der Waals surface area contributed by atoms with Gasteiger partial charge in [-0.15, -0.1) is 0 Å². The van der Waals surface area contributed by atoms with Crippen LogP contribution in [0.15, 0.2) is 18.2 Å². The highest BCUT2D eigenvalue weighted by Gasteiger charge is 2.40. The van der Waals surface area contributed by atoms with Crippen LogP contribution in [-0.2, 0) is 0 Å². The lowest BCUT2D eigenvalue weighted by molar-refractivity contribution is 0.163. The van der Waals surface area contributed by atoms with Crippen LogP contribution in [-0.4, -0.2) is 12.6 Å². The first-order chi connectivity index (χ1) is 8.19. The van der Waals surface area contributed by atoms with Crippen molar-refractivity contribution in [1.82, 2.24) is 5.32 Å². The van der Waals surface area contributed by atoms with E-state index in [0.29, 0.717) is 22.9 Å². The number of hydrogen-bond acceptors (Lipinski definition) is 1. The van der Waals surface area contributed by atoms with Gasteiger partial charge in [-0.25, -0.2) is 0 Å². The van der Waals surface area contributed by atoms with E-state index in [4.69, 9.17) is 23.2 Å². The standard InChI is InChI=1S/C14H19Cl2N/c1-3-9-11(8-13(9)17-4-2)10-6-5-7-12(15)14(10)16/h5-7,9,11,13,17H,3-4,8H2,1-2H3. The second-order valence-electron chi connectivity index (χ2n) is 4.72. The molecular formula is C14H19Cl2N. The summed E-state index contributed by atoms with van der Waals surface area (Å²) < 4.78 is 0. The number of rotatable bonds is 4. The lowest BCUT2D eigenvalue weighted by atomic mass is 9.65. The van der Waals surface area contributed by atoms with Gasteiger partial charge in [0, 0.05) is 6.04 Å². The van der Waals surface area contributed by atoms with Crippen LogP contribution in [0, 0.1) is 5.92 Å². The Morgan fingerprint density at radius 1 is 1.29 bits per heavy atom. The molecule has 1 N–H and O–H groups in total. The third-order valence-electron chi connectivity index (χ3n) is 3.86. The normalized spacial score (nSPS) is 27.9. The summed E-state index contributed by atoms with van der Waals surface area (Å²) >= 11 is 12.4. The zero-order valence-electron chi connectivity index (χ0n) is 10.3. The Morgan fingerprint density at radius 3 is 2.71 bits per heavy atom. The summed E-state index contributed by atoms with van der Waals surface area (Å²) in [6.07, 6.45) is 2.36. The number of halogens is 2. The summed E-state index contributed by atoms with van der Waals surface area (Å²) in [7, 11) is 0. The van der Waals surface area contributed by atoms with Gasteiger partial charge in [0.1, 0.15) is 0 Å². The summed E-state index contributed by atoms with van der Waals surface area (Å²) in [5, 5.41) is 4.96. The minimum absolute atomic E-state index is 0.565. The predicted octanol–water partition coefficient (Wildman–Crippen LogP) is 4.49. The Kier molecular flexibility index (Phi) is 4.35. The fraction of sp³-hybridized carbons (Fsp3) is 0.571. The molecule has 0 aliphatic heterocycles. The third-order valence-corrected chi connectivity index (χ3v) is 4.69. The van der Waals surface area contributed by atoms with E-state index in [2.05, 4.69) is 25.2 Å². The van der Waals surface area contributed by atoms with E-state index in [-0.39, 0.29) is 0 Å². The zero-order chi connectivity index (χ0) is 12.4. The molecule has 94 valence electrons. The Balaban J connectivity index is 2.16. The highest BCUT2D eigenvalue weighted by molar-refractivity contribution is 6.42. The van der Waals surface area contributed by atoms with Crippen LogP contribution in [0.25, 0.3) is 0 Å². The molecule has 2 rings (SSSR count). The molecular weight excluding hydrogens is 253 g/mol. The van der Waals surface area contributed by atoms with Crippen molar-refractivity contribution >= 4 is 23.2 Å². The zero-order valence-corrected chi connectivity index (χ0v) is 11.9. The van der Waals surface area contributed by atoms with Gasteiger partial charge in [-0.2, -0.15) is 0 Å². The average molecular weight is 272 g/mol. The van der Waals surface area contributed by atoms with Crippen LogP contribution >= 0.6 is 23.2 Å². The first-order valence-corrected chi connectivity index (χ1v) is 7.11. The van der Waals surface area contributed by atoms with Gasteiger partial charge in [0.15, 0.2) is 0 Å². The van der Waals surface area contributed by atoms with Crippen LogP contribution in [0.4, 0.5) is 0 Å². The monoisotopic (exact) mass is 271 g/mol. The lowest BCUT2D eigenvalue weighted by Crippen LogP contribution is -2.48. The lowest BCUT2D eigenvalue weighted by Gasteiger charge is -2.45. The number of hydrogen-bond donors (Lipinski definition) is 1. The molecule has 0 saturated heterocycles. The van der Waals surface area contributed by atoms with Gasteiger partial charge < -0.3 is 5.32 Å². The van der Waals surface area contributed by atoms with Crippen molar-refractivity contribution in [3.05, 3.63) is 33.8 Å². The third kappa shape index (κ3) is 2.47. The molecule has 1 aliphatic rings. The molecule has 0 radical (unpaired) electrons. The van der Waals surface area contributed by atoms with Gasteiger partial charge in [0.05, 0.1) is 10.0 Å². The molecule has 3 heteroatoms. The maximum Gasteiger partial charge on any atom is 0.0627 e. The largest absolute Gasteiger partial charge is 0.314 e. The maximum absolute atomic E-state index is 6.30. The second kappa shape index (κ2) is 5.60. The molecule has 1 nitrogen and oxygen atoms in total. The van der Waals surface area contributed by atoms with Gasteiger partial charge in [0.25, 0.3) is 0 Å². The number of nitrogens with one attached hydrogen (secondary N) is 1. The quantitative estimate of drug-likeness (QED) is 0.851. The summed E-state index contributed by atoms with van der Waals surface area (Å²) in [5.41, 5.74) is 1.22. The first-order valence-electron chi connectivity index (χ1n) is 6.36. The Morgan fingerprint density at radius 2 is 2.06 bits per heavy atom. The fourth-order valence-electron chi connectivity index (χ4n) is 2.94. The van der Waals surface area contributed by atoms with E-state index in [1.807, 2.05) is 12.1 Å². The van der Waals surface area contributed by atoms with Crippen LogP contribution in [0.1, 0.15) is 38.2 Å². The fourth-order valence-corrected chi connectivity index (χ4v) is 3.39. The van der Waals surface area contributed by atoms with Crippen molar-refractivity contribution in [2.24, 2.45) is 5.92 Å². The molecule has 1 aliphatic carbocycles. The van der Waals surface area contributed by atoms with Crippen LogP contribution in [0.2, 0.25) is 10.0 Å². The van der Waals surface area contributed by atoms with Crippen LogP contribution < -0.4 is 5.32 Å². The SMILES string of the molecule is CCNC1CC(c2cccc(Cl)c2Cl)C1CC. The molecule has 0 bridgehead atoms. The molecule has 0 aromatic heterocycles. The van der Waals surface area contributed by atoms with Crippen molar-refractivity contribution in [1.29, 1.82) is 0 Å². The van der Waals surface area contributed by atoms with E-state index < -0.39 is 0 Å². The van der Waals surface area contributed by atoms with E-state index >= 15 is 0 Å². The van der Waals surface area contributed by atoms with Crippen molar-refractivity contribution in [2.45, 2.75) is 38.6 Å². The van der Waals surface area contributed by atoms with E-state index in [9.17, 15) is 0 Å². The van der Waals surface area contributed by atoms with E-state index in [1.54, 1.807) is 0 Å². The minimum Gasteiger partial charge on any atom is -0.314 e. The topological polar surface area (TPSA) is 12.0 Å². The smallest absolute Gasteiger partial charge is 0.0627 e. The predicted molar refractivity (Wildman–Crippen MR) is 75.1 cm³/mol. The molecule has 3 atom stereocenters. The molecule has 17 heavy (non-hydrogen) atoms. The van der Waals surface area contributed by atoms with Gasteiger partial charge in [-0.05, 0) is 36.4 Å². The Labute approximate surface area is 114 Å². The van der Waals surface area contributed by atoms with Crippen LogP contribution in [0.3, 0.4) is 0 Å². The van der Waals surface area contributed by atoms with E-state index in [0.717, 1.165) is 11.6 Å². The summed E-state index contributed by atoms with van der Waals surface area (Å²) in [6.45, 7) is 5.45. The molecule has 0 heterocycles. The average Bonchev–Trinajstić information content (AvgIpc) is 2.29. The summed E-state index contributed by atoms with van der Waals surface area (Å²) in [4.78, 5) is 0. The minimum atomic E-state index is 0.565. The van der Waals surface area contributed by atoms with Crippen molar-refractivity contribution in [3.63, 3.8) is 0 Å². The van der Waals surface area contributed by atoms with Gasteiger partial charge >= 0.3 is 0 Å². The maximum atomic E-state index is 6.30. The van der Waals surface area contributed by atoms with Crippen LogP contribution in [0.5, 0.6) is 0 Å². The molecule has 0 spiro atoms. The molecule has 0 amide bonds. The molecule has 1 aromatic rings. The van der Waals surface area contributed by atoms with Gasteiger partial charge in [0.2, 0.25) is 0 Å². The highest BCUT2D eigenvalue weighted by Crippen LogP contribution is 2.47. The van der Waals surface area contributed by atoms with Gasteiger partial charge in [-0.1, -0.05) is 55.6 Å². The number of benzene rings is 1. The van der Waals surface area contributed by atoms with Gasteiger partial charge in [-0.3, -0.25) is 0 Å². The summed E-state index contributed by atoms with van der Waals surface area (Å²) in [5.74, 6) is 1.25. The molecule has 3 unspecified atom stereocenters. The summed E-state index contributed by atoms with van der Waals surface area (Å²) in [6, 6.07) is 6.61. The molecule has 1 fully saturated rings. The second-order valence-corrected chi connectivity index (χ2v) is 5.51. The Bertz CT molecular complexity index is 392. The van der Waals surface area contributed by atoms with Crippen molar-refractivity contribution in [2.75, 3.05) is 6.54 Å². The molecule has 1 aromatic carbocycles.